The van der Waals surface area contributed by atoms with Gasteiger partial charge in [-0.25, -0.2) is 0 Å². The minimum absolute atomic E-state index is 0.186. The highest BCUT2D eigenvalue weighted by Crippen LogP contribution is 2.12. The Morgan fingerprint density at radius 1 is 1.25 bits per heavy atom. The summed E-state index contributed by atoms with van der Waals surface area (Å²) in [5.74, 6) is 0.446. The highest BCUT2D eigenvalue weighted by atomic mass is 32.1. The zero-order valence-corrected chi connectivity index (χ0v) is 12.8. The normalized spacial score (nSPS) is 16.4. The predicted octanol–water partition coefficient (Wildman–Crippen LogP) is 2.27. The minimum atomic E-state index is 0.186. The van der Waals surface area contributed by atoms with Crippen molar-refractivity contribution in [2.75, 3.05) is 32.7 Å². The van der Waals surface area contributed by atoms with Crippen LogP contribution in [0.1, 0.15) is 35.9 Å². The number of piperazine rings is 1. The number of rotatable bonds is 6. The van der Waals surface area contributed by atoms with E-state index in [9.17, 15) is 9.59 Å². The van der Waals surface area contributed by atoms with E-state index in [4.69, 9.17) is 0 Å². The third-order valence-electron chi connectivity index (χ3n) is 3.63. The average Bonchev–Trinajstić information content (AvgIpc) is 3.00. The zero-order chi connectivity index (χ0) is 14.4. The summed E-state index contributed by atoms with van der Waals surface area (Å²) in [5.41, 5.74) is 0. The molecule has 110 valence electrons. The first-order valence-electron chi connectivity index (χ1n) is 7.27. The molecule has 4 nitrogen and oxygen atoms in total. The molecule has 0 radical (unpaired) electrons. The first-order valence-corrected chi connectivity index (χ1v) is 8.15. The molecule has 0 unspecified atom stereocenters. The molecule has 1 aliphatic rings. The SMILES string of the molecule is CCCCC(=O)N1CCN(CC(=O)c2cccs2)CC1. The minimum Gasteiger partial charge on any atom is -0.340 e. The molecule has 0 bridgehead atoms. The largest absolute Gasteiger partial charge is 0.340 e. The number of Topliss-reactive ketones (excluding diaryl/α,β-unsaturated/α-hetero) is 1. The number of hydrogen-bond acceptors (Lipinski definition) is 4. The number of thiophene rings is 1. The Kier molecular flexibility index (Phi) is 5.73. The van der Waals surface area contributed by atoms with Crippen LogP contribution in [0.3, 0.4) is 0 Å². The molecule has 5 heteroatoms. The van der Waals surface area contributed by atoms with E-state index in [0.717, 1.165) is 43.9 Å². The number of carbonyl (C=O) groups excluding carboxylic acids is 2. The molecule has 0 aromatic carbocycles. The van der Waals surface area contributed by atoms with Crippen molar-refractivity contribution in [3.8, 4) is 0 Å². The Bertz CT molecular complexity index is 437. The molecule has 1 saturated heterocycles. The zero-order valence-electron chi connectivity index (χ0n) is 12.0. The number of carbonyl (C=O) groups is 2. The summed E-state index contributed by atoms with van der Waals surface area (Å²) in [5, 5.41) is 1.93. The van der Waals surface area contributed by atoms with Crippen molar-refractivity contribution >= 4 is 23.0 Å². The first-order chi connectivity index (χ1) is 9.70. The lowest BCUT2D eigenvalue weighted by atomic mass is 10.2. The molecule has 0 spiro atoms. The van der Waals surface area contributed by atoms with Crippen molar-refractivity contribution in [1.82, 2.24) is 9.80 Å². The van der Waals surface area contributed by atoms with Crippen LogP contribution < -0.4 is 0 Å². The maximum absolute atomic E-state index is 12.0. The second kappa shape index (κ2) is 7.55. The van der Waals surface area contributed by atoms with Gasteiger partial charge >= 0.3 is 0 Å². The highest BCUT2D eigenvalue weighted by molar-refractivity contribution is 7.12. The van der Waals surface area contributed by atoms with Crippen molar-refractivity contribution < 1.29 is 9.59 Å². The van der Waals surface area contributed by atoms with Crippen LogP contribution in [0.2, 0.25) is 0 Å². The van der Waals surface area contributed by atoms with Gasteiger partial charge in [-0.2, -0.15) is 0 Å². The van der Waals surface area contributed by atoms with Gasteiger partial charge in [0.15, 0.2) is 5.78 Å². The predicted molar refractivity (Wildman–Crippen MR) is 81.2 cm³/mol. The molecule has 1 aromatic heterocycles. The first kappa shape index (κ1) is 15.2. The van der Waals surface area contributed by atoms with Crippen LogP contribution >= 0.6 is 11.3 Å². The summed E-state index contributed by atoms with van der Waals surface area (Å²) in [6.45, 7) is 5.67. The van der Waals surface area contributed by atoms with E-state index in [1.165, 1.54) is 11.3 Å². The Hall–Kier alpha value is -1.20. The van der Waals surface area contributed by atoms with Gasteiger partial charge in [0.25, 0.3) is 0 Å². The Morgan fingerprint density at radius 2 is 2.00 bits per heavy atom. The smallest absolute Gasteiger partial charge is 0.222 e. The van der Waals surface area contributed by atoms with Crippen molar-refractivity contribution in [1.29, 1.82) is 0 Å². The van der Waals surface area contributed by atoms with Gasteiger partial charge in [0.05, 0.1) is 11.4 Å². The van der Waals surface area contributed by atoms with E-state index < -0.39 is 0 Å². The van der Waals surface area contributed by atoms with Crippen LogP contribution in [-0.2, 0) is 4.79 Å². The molecule has 0 saturated carbocycles. The monoisotopic (exact) mass is 294 g/mol. The summed E-state index contributed by atoms with van der Waals surface area (Å²) in [7, 11) is 0. The van der Waals surface area contributed by atoms with E-state index in [0.29, 0.717) is 13.0 Å². The summed E-state index contributed by atoms with van der Waals surface area (Å²) >= 11 is 1.49. The van der Waals surface area contributed by atoms with Crippen LogP contribution in [0.15, 0.2) is 17.5 Å². The fourth-order valence-electron chi connectivity index (χ4n) is 2.36. The van der Waals surface area contributed by atoms with Gasteiger partial charge in [-0.1, -0.05) is 19.4 Å². The van der Waals surface area contributed by atoms with Gasteiger partial charge in [0.1, 0.15) is 0 Å². The third-order valence-corrected chi connectivity index (χ3v) is 4.54. The molecule has 0 aliphatic carbocycles. The maximum Gasteiger partial charge on any atom is 0.222 e. The van der Waals surface area contributed by atoms with Crippen molar-refractivity contribution in [3.63, 3.8) is 0 Å². The van der Waals surface area contributed by atoms with Crippen LogP contribution in [0.5, 0.6) is 0 Å². The van der Waals surface area contributed by atoms with Crippen LogP contribution in [0, 0.1) is 0 Å². The topological polar surface area (TPSA) is 40.6 Å². The summed E-state index contributed by atoms with van der Waals surface area (Å²) < 4.78 is 0. The number of ketones is 1. The Balaban J connectivity index is 1.74. The molecule has 2 rings (SSSR count). The van der Waals surface area contributed by atoms with E-state index in [2.05, 4.69) is 11.8 Å². The molecule has 0 N–H and O–H groups in total. The number of hydrogen-bond donors (Lipinski definition) is 0. The van der Waals surface area contributed by atoms with E-state index in [-0.39, 0.29) is 11.7 Å². The van der Waals surface area contributed by atoms with Gasteiger partial charge in [-0.15, -0.1) is 11.3 Å². The second-order valence-corrected chi connectivity index (χ2v) is 6.11. The van der Waals surface area contributed by atoms with Crippen molar-refractivity contribution in [3.05, 3.63) is 22.4 Å². The van der Waals surface area contributed by atoms with Crippen LogP contribution in [0.4, 0.5) is 0 Å². The summed E-state index contributed by atoms with van der Waals surface area (Å²) in [6, 6.07) is 3.78. The summed E-state index contributed by atoms with van der Waals surface area (Å²) in [4.78, 5) is 28.8. The van der Waals surface area contributed by atoms with E-state index >= 15 is 0 Å². The van der Waals surface area contributed by atoms with E-state index in [1.54, 1.807) is 0 Å². The van der Waals surface area contributed by atoms with Gasteiger partial charge in [0.2, 0.25) is 5.91 Å². The second-order valence-electron chi connectivity index (χ2n) is 5.16. The molecule has 0 atom stereocenters. The van der Waals surface area contributed by atoms with Crippen molar-refractivity contribution in [2.24, 2.45) is 0 Å². The average molecular weight is 294 g/mol. The van der Waals surface area contributed by atoms with Gasteiger partial charge in [-0.3, -0.25) is 14.5 Å². The molecule has 1 aromatic rings. The van der Waals surface area contributed by atoms with Crippen LogP contribution in [0.25, 0.3) is 0 Å². The molecule has 1 amide bonds. The Labute approximate surface area is 124 Å². The molecule has 20 heavy (non-hydrogen) atoms. The fourth-order valence-corrected chi connectivity index (χ4v) is 3.02. The summed E-state index contributed by atoms with van der Waals surface area (Å²) in [6.07, 6.45) is 2.68. The van der Waals surface area contributed by atoms with Crippen molar-refractivity contribution in [2.45, 2.75) is 26.2 Å². The van der Waals surface area contributed by atoms with Crippen LogP contribution in [-0.4, -0.2) is 54.2 Å². The lowest BCUT2D eigenvalue weighted by Gasteiger charge is -2.34. The van der Waals surface area contributed by atoms with Gasteiger partial charge in [0, 0.05) is 32.6 Å². The number of amides is 1. The Morgan fingerprint density at radius 3 is 2.60 bits per heavy atom. The number of nitrogens with zero attached hydrogens (tertiary/aromatic N) is 2. The molecule has 1 aliphatic heterocycles. The highest BCUT2D eigenvalue weighted by Gasteiger charge is 2.22. The lowest BCUT2D eigenvalue weighted by Crippen LogP contribution is -2.49. The molecular formula is C15H22N2O2S. The van der Waals surface area contributed by atoms with E-state index in [1.807, 2.05) is 22.4 Å². The molecular weight excluding hydrogens is 272 g/mol. The lowest BCUT2D eigenvalue weighted by molar-refractivity contribution is -0.132. The maximum atomic E-state index is 12.0. The van der Waals surface area contributed by atoms with Gasteiger partial charge < -0.3 is 4.90 Å². The standard InChI is InChI=1S/C15H22N2O2S/c1-2-3-6-15(19)17-9-7-16(8-10-17)12-13(18)14-5-4-11-20-14/h4-5,11H,2-3,6-10,12H2,1H3. The quantitative estimate of drug-likeness (QED) is 0.756. The van der Waals surface area contributed by atoms with Gasteiger partial charge in [-0.05, 0) is 17.9 Å². The number of unbranched alkanes of at least 4 members (excludes halogenated alkanes) is 1. The fraction of sp³-hybridized carbons (Fsp3) is 0.600. The third kappa shape index (κ3) is 4.15. The molecule has 1 fully saturated rings. The molecule has 2 heterocycles.